The molecular formula is C23H19F3N2O5. The molecule has 1 atom stereocenters. The number of hydrogen-bond acceptors (Lipinski definition) is 5. The number of hydrogen-bond donors (Lipinski definition) is 2. The van der Waals surface area contributed by atoms with Crippen molar-refractivity contribution in [1.82, 2.24) is 0 Å². The van der Waals surface area contributed by atoms with Crippen molar-refractivity contribution in [2.75, 3.05) is 10.6 Å². The van der Waals surface area contributed by atoms with E-state index in [-0.39, 0.29) is 17.0 Å². The third kappa shape index (κ3) is 6.00. The Labute approximate surface area is 186 Å². The number of halogens is 3. The van der Waals surface area contributed by atoms with E-state index >= 15 is 0 Å². The fourth-order valence-corrected chi connectivity index (χ4v) is 2.77. The Morgan fingerprint density at radius 3 is 2.42 bits per heavy atom. The Kier molecular flexibility index (Phi) is 6.86. The Bertz CT molecular complexity index is 1170. The van der Waals surface area contributed by atoms with Crippen molar-refractivity contribution in [3.8, 4) is 0 Å². The first-order chi connectivity index (χ1) is 15.5. The monoisotopic (exact) mass is 460 g/mol. The zero-order valence-electron chi connectivity index (χ0n) is 17.5. The number of esters is 1. The van der Waals surface area contributed by atoms with Crippen molar-refractivity contribution < 1.29 is 36.7 Å². The first-order valence-corrected chi connectivity index (χ1v) is 9.69. The fraction of sp³-hybridized carbons (Fsp3) is 0.174. The van der Waals surface area contributed by atoms with Crippen molar-refractivity contribution in [1.29, 1.82) is 0 Å². The van der Waals surface area contributed by atoms with E-state index in [0.29, 0.717) is 11.3 Å². The number of benzene rings is 2. The molecule has 3 rings (SSSR count). The van der Waals surface area contributed by atoms with Gasteiger partial charge in [-0.25, -0.2) is 4.79 Å². The minimum Gasteiger partial charge on any atom is -0.459 e. The smallest absolute Gasteiger partial charge is 0.416 e. The van der Waals surface area contributed by atoms with Crippen LogP contribution in [0.15, 0.2) is 65.3 Å². The van der Waals surface area contributed by atoms with E-state index < -0.39 is 35.6 Å². The number of anilines is 2. The largest absolute Gasteiger partial charge is 0.459 e. The predicted molar refractivity (Wildman–Crippen MR) is 113 cm³/mol. The molecule has 2 amide bonds. The maximum atomic E-state index is 12.8. The van der Waals surface area contributed by atoms with E-state index in [9.17, 15) is 27.6 Å². The van der Waals surface area contributed by atoms with Gasteiger partial charge in [0.25, 0.3) is 11.8 Å². The van der Waals surface area contributed by atoms with E-state index in [1.165, 1.54) is 37.5 Å². The van der Waals surface area contributed by atoms with Crippen molar-refractivity contribution >= 4 is 29.2 Å². The van der Waals surface area contributed by atoms with E-state index in [1.54, 1.807) is 19.1 Å². The van der Waals surface area contributed by atoms with Crippen LogP contribution in [0.4, 0.5) is 24.5 Å². The first kappa shape index (κ1) is 23.6. The van der Waals surface area contributed by atoms with E-state index in [1.807, 2.05) is 0 Å². The van der Waals surface area contributed by atoms with Crippen LogP contribution in [0.1, 0.15) is 39.0 Å². The number of aryl methyl sites for hydroxylation is 1. The number of furan rings is 1. The summed E-state index contributed by atoms with van der Waals surface area (Å²) in [5, 5.41) is 4.91. The van der Waals surface area contributed by atoms with Crippen LogP contribution in [-0.2, 0) is 15.7 Å². The number of rotatable bonds is 6. The van der Waals surface area contributed by atoms with Crippen LogP contribution in [0.25, 0.3) is 0 Å². The van der Waals surface area contributed by atoms with Gasteiger partial charge in [-0.05, 0) is 61.9 Å². The molecule has 0 aliphatic carbocycles. The number of carbonyl (C=O) groups excluding carboxylic acids is 3. The quantitative estimate of drug-likeness (QED) is 0.502. The number of alkyl halides is 3. The molecule has 0 bridgehead atoms. The van der Waals surface area contributed by atoms with Crippen LogP contribution in [0.3, 0.4) is 0 Å². The second-order valence-corrected chi connectivity index (χ2v) is 7.08. The molecule has 0 spiro atoms. The molecule has 0 radical (unpaired) electrons. The van der Waals surface area contributed by atoms with Gasteiger partial charge in [0, 0.05) is 11.4 Å². The summed E-state index contributed by atoms with van der Waals surface area (Å²) >= 11 is 0. The van der Waals surface area contributed by atoms with Crippen molar-refractivity contribution in [2.24, 2.45) is 0 Å². The van der Waals surface area contributed by atoms with Gasteiger partial charge >= 0.3 is 12.1 Å². The third-order valence-corrected chi connectivity index (χ3v) is 4.58. The van der Waals surface area contributed by atoms with Crippen LogP contribution in [0, 0.1) is 6.92 Å². The molecule has 2 aromatic carbocycles. The summed E-state index contributed by atoms with van der Waals surface area (Å²) in [6, 6.07) is 11.6. The normalized spacial score (nSPS) is 12.0. The lowest BCUT2D eigenvalue weighted by Crippen LogP contribution is -2.30. The second-order valence-electron chi connectivity index (χ2n) is 7.08. The molecule has 1 heterocycles. The molecule has 2 N–H and O–H groups in total. The number of amides is 2. The van der Waals surface area contributed by atoms with Gasteiger partial charge in [-0.2, -0.15) is 13.2 Å². The van der Waals surface area contributed by atoms with Gasteiger partial charge in [-0.15, -0.1) is 0 Å². The maximum absolute atomic E-state index is 12.8. The lowest BCUT2D eigenvalue weighted by Gasteiger charge is -2.15. The highest BCUT2D eigenvalue weighted by molar-refractivity contribution is 6.03. The minimum absolute atomic E-state index is 0.0639. The van der Waals surface area contributed by atoms with Crippen LogP contribution in [0.5, 0.6) is 0 Å². The van der Waals surface area contributed by atoms with Crippen molar-refractivity contribution in [2.45, 2.75) is 26.1 Å². The van der Waals surface area contributed by atoms with Crippen LogP contribution in [-0.4, -0.2) is 23.9 Å². The lowest BCUT2D eigenvalue weighted by atomic mass is 10.1. The minimum atomic E-state index is -4.56. The molecule has 3 aromatic rings. The highest BCUT2D eigenvalue weighted by Gasteiger charge is 2.30. The van der Waals surface area contributed by atoms with Gasteiger partial charge in [0.2, 0.25) is 0 Å². The average molecular weight is 460 g/mol. The highest BCUT2D eigenvalue weighted by Crippen LogP contribution is 2.30. The molecule has 172 valence electrons. The Morgan fingerprint density at radius 1 is 1.00 bits per heavy atom. The van der Waals surface area contributed by atoms with Gasteiger partial charge in [-0.1, -0.05) is 12.1 Å². The predicted octanol–water partition coefficient (Wildman–Crippen LogP) is 5.04. The SMILES string of the molecule is Cc1ccc(C(=O)O[C@H](C)C(=O)Nc2cccc(C(F)(F)F)c2)cc1NC(=O)c1ccco1. The van der Waals surface area contributed by atoms with Crippen molar-refractivity contribution in [3.05, 3.63) is 83.3 Å². The standard InChI is InChI=1S/C23H19F3N2O5/c1-13-8-9-15(11-18(13)28-21(30)19-7-4-10-32-19)22(31)33-14(2)20(29)27-17-6-3-5-16(12-17)23(24,25)26/h3-12,14H,1-2H3,(H,27,29)(H,28,30)/t14-/m1/s1. The summed E-state index contributed by atoms with van der Waals surface area (Å²) in [6.07, 6.45) is -4.51. The molecule has 33 heavy (non-hydrogen) atoms. The molecule has 0 saturated heterocycles. The maximum Gasteiger partial charge on any atom is 0.416 e. The zero-order chi connectivity index (χ0) is 24.2. The van der Waals surface area contributed by atoms with Gasteiger partial charge in [0.1, 0.15) is 0 Å². The Morgan fingerprint density at radius 2 is 1.76 bits per heavy atom. The molecule has 0 aliphatic heterocycles. The fourth-order valence-electron chi connectivity index (χ4n) is 2.77. The summed E-state index contributed by atoms with van der Waals surface area (Å²) in [5.74, 6) is -2.08. The van der Waals surface area contributed by atoms with Crippen LogP contribution >= 0.6 is 0 Å². The Balaban J connectivity index is 1.65. The Hall–Kier alpha value is -4.08. The summed E-state index contributed by atoms with van der Waals surface area (Å²) in [6.45, 7) is 3.01. The summed E-state index contributed by atoms with van der Waals surface area (Å²) in [4.78, 5) is 37.0. The van der Waals surface area contributed by atoms with E-state index in [0.717, 1.165) is 18.2 Å². The topological polar surface area (TPSA) is 97.6 Å². The van der Waals surface area contributed by atoms with Crippen molar-refractivity contribution in [3.63, 3.8) is 0 Å². The number of ether oxygens (including phenoxy) is 1. The first-order valence-electron chi connectivity index (χ1n) is 9.69. The van der Waals surface area contributed by atoms with Crippen LogP contribution < -0.4 is 10.6 Å². The molecule has 0 unspecified atom stereocenters. The molecule has 0 saturated carbocycles. The molecule has 7 nitrogen and oxygen atoms in total. The molecule has 0 aliphatic rings. The lowest BCUT2D eigenvalue weighted by molar-refractivity contribution is -0.137. The van der Waals surface area contributed by atoms with Gasteiger partial charge in [0.15, 0.2) is 11.9 Å². The summed E-state index contributed by atoms with van der Waals surface area (Å²) in [7, 11) is 0. The molecule has 1 aromatic heterocycles. The van der Waals surface area contributed by atoms with Gasteiger partial charge in [0.05, 0.1) is 17.4 Å². The summed E-state index contributed by atoms with van der Waals surface area (Å²) < 4.78 is 48.7. The van der Waals surface area contributed by atoms with E-state index in [2.05, 4.69) is 10.6 Å². The molecular weight excluding hydrogens is 441 g/mol. The number of nitrogens with one attached hydrogen (secondary N) is 2. The zero-order valence-corrected chi connectivity index (χ0v) is 17.5. The third-order valence-electron chi connectivity index (χ3n) is 4.58. The molecule has 0 fully saturated rings. The van der Waals surface area contributed by atoms with Gasteiger partial charge in [-0.3, -0.25) is 9.59 Å². The summed E-state index contributed by atoms with van der Waals surface area (Å²) in [5.41, 5.74) is 0.0625. The van der Waals surface area contributed by atoms with Gasteiger partial charge < -0.3 is 19.8 Å². The van der Waals surface area contributed by atoms with E-state index in [4.69, 9.17) is 9.15 Å². The highest BCUT2D eigenvalue weighted by atomic mass is 19.4. The molecule has 10 heteroatoms. The number of carbonyl (C=O) groups is 3. The average Bonchev–Trinajstić information content (AvgIpc) is 3.30. The second kappa shape index (κ2) is 9.60. The van der Waals surface area contributed by atoms with Crippen LogP contribution in [0.2, 0.25) is 0 Å².